The van der Waals surface area contributed by atoms with Gasteiger partial charge in [-0.15, -0.1) is 11.3 Å². The van der Waals surface area contributed by atoms with E-state index >= 15 is 0 Å². The molecule has 33 heavy (non-hydrogen) atoms. The van der Waals surface area contributed by atoms with Gasteiger partial charge in [0.2, 0.25) is 0 Å². The first-order chi connectivity index (χ1) is 15.5. The highest BCUT2D eigenvalue weighted by Crippen LogP contribution is 2.35. The van der Waals surface area contributed by atoms with Crippen molar-refractivity contribution in [2.75, 3.05) is 12.8 Å². The standard InChI is InChI=1S/C18H21N5O8S2/c1-33(28,29)31-13-6-15(14-10-32-16(21-14)7-20-17(19)24)22(8-13)18(25)30-9-11-2-4-12(5-3-11)23(26)27/h2-5,10,13,15H,6-9H2,1H3,(H3,19,20,24)/t13-,15+/m1/s1. The monoisotopic (exact) mass is 499 g/mol. The molecule has 178 valence electrons. The number of thiazole rings is 1. The first-order valence-corrected chi connectivity index (χ1v) is 12.2. The third kappa shape index (κ3) is 6.84. The number of carbonyl (C=O) groups is 2. The van der Waals surface area contributed by atoms with Gasteiger partial charge in [-0.25, -0.2) is 14.6 Å². The van der Waals surface area contributed by atoms with E-state index in [0.29, 0.717) is 16.3 Å². The molecule has 2 aromatic rings. The Bertz CT molecular complexity index is 1130. The molecule has 13 nitrogen and oxygen atoms in total. The lowest BCUT2D eigenvalue weighted by molar-refractivity contribution is -0.384. The zero-order valence-corrected chi connectivity index (χ0v) is 19.0. The molecule has 0 saturated carbocycles. The maximum absolute atomic E-state index is 12.8. The van der Waals surface area contributed by atoms with Gasteiger partial charge in [-0.2, -0.15) is 8.42 Å². The van der Waals surface area contributed by atoms with Crippen molar-refractivity contribution in [2.24, 2.45) is 5.73 Å². The van der Waals surface area contributed by atoms with Crippen LogP contribution in [0.1, 0.15) is 28.7 Å². The number of hydrogen-bond acceptors (Lipinski definition) is 10. The lowest BCUT2D eigenvalue weighted by atomic mass is 10.1. The number of benzene rings is 1. The largest absolute Gasteiger partial charge is 0.445 e. The predicted molar refractivity (Wildman–Crippen MR) is 116 cm³/mol. The van der Waals surface area contributed by atoms with Crippen molar-refractivity contribution in [3.63, 3.8) is 0 Å². The molecule has 0 spiro atoms. The molecule has 0 radical (unpaired) electrons. The van der Waals surface area contributed by atoms with Crippen molar-refractivity contribution in [1.29, 1.82) is 0 Å². The Morgan fingerprint density at radius 2 is 2.06 bits per heavy atom. The number of nitrogens with two attached hydrogens (primary N) is 1. The van der Waals surface area contributed by atoms with Crippen LogP contribution in [-0.4, -0.2) is 54.3 Å². The first-order valence-electron chi connectivity index (χ1n) is 9.54. The average Bonchev–Trinajstić information content (AvgIpc) is 3.36. The van der Waals surface area contributed by atoms with Gasteiger partial charge in [-0.3, -0.25) is 19.2 Å². The van der Waals surface area contributed by atoms with Crippen LogP contribution < -0.4 is 11.1 Å². The second-order valence-corrected chi connectivity index (χ2v) is 9.73. The summed E-state index contributed by atoms with van der Waals surface area (Å²) in [5, 5.41) is 15.4. The van der Waals surface area contributed by atoms with Gasteiger partial charge in [0.05, 0.1) is 42.1 Å². The van der Waals surface area contributed by atoms with Crippen LogP contribution in [0.2, 0.25) is 0 Å². The molecule has 3 amide bonds. The number of nitro groups is 1. The SMILES string of the molecule is CS(=O)(=O)O[C@@H]1C[C@@H](c2csc(CNC(N)=O)n2)N(C(=O)OCc2ccc([N+](=O)[O-])cc2)C1. The number of likely N-dealkylation sites (tertiary alicyclic amines) is 1. The molecule has 3 rings (SSSR count). The van der Waals surface area contributed by atoms with Crippen molar-refractivity contribution in [2.45, 2.75) is 31.7 Å². The summed E-state index contributed by atoms with van der Waals surface area (Å²) in [5.41, 5.74) is 6.01. The van der Waals surface area contributed by atoms with E-state index in [-0.39, 0.29) is 31.8 Å². The minimum atomic E-state index is -3.75. The molecule has 0 unspecified atom stereocenters. The summed E-state index contributed by atoms with van der Waals surface area (Å²) in [4.78, 5) is 39.7. The molecule has 2 heterocycles. The van der Waals surface area contributed by atoms with Crippen molar-refractivity contribution in [3.05, 3.63) is 56.0 Å². The Kier molecular flexibility index (Phi) is 7.45. The summed E-state index contributed by atoms with van der Waals surface area (Å²) in [7, 11) is -3.75. The van der Waals surface area contributed by atoms with Crippen molar-refractivity contribution in [1.82, 2.24) is 15.2 Å². The molecule has 1 saturated heterocycles. The van der Waals surface area contributed by atoms with E-state index < -0.39 is 39.3 Å². The number of non-ortho nitro benzene ring substituents is 1. The Hall–Kier alpha value is -3.30. The van der Waals surface area contributed by atoms with Crippen LogP contribution in [0.15, 0.2) is 29.6 Å². The molecule has 1 aromatic heterocycles. The van der Waals surface area contributed by atoms with Gasteiger partial charge in [0.25, 0.3) is 15.8 Å². The fourth-order valence-corrected chi connectivity index (χ4v) is 4.67. The number of urea groups is 1. The number of aromatic nitrogens is 1. The number of nitro benzene ring substituents is 1. The van der Waals surface area contributed by atoms with E-state index in [1.807, 2.05) is 0 Å². The first kappa shape index (κ1) is 24.3. The molecule has 0 aliphatic carbocycles. The van der Waals surface area contributed by atoms with Crippen LogP contribution in [0.25, 0.3) is 0 Å². The Morgan fingerprint density at radius 3 is 2.67 bits per heavy atom. The van der Waals surface area contributed by atoms with E-state index in [0.717, 1.165) is 6.26 Å². The minimum absolute atomic E-state index is 0.0385. The van der Waals surface area contributed by atoms with Gasteiger partial charge < -0.3 is 15.8 Å². The van der Waals surface area contributed by atoms with Crippen LogP contribution in [0, 0.1) is 10.1 Å². The van der Waals surface area contributed by atoms with Gasteiger partial charge in [-0.05, 0) is 17.7 Å². The van der Waals surface area contributed by atoms with Crippen molar-refractivity contribution in [3.8, 4) is 0 Å². The molecule has 15 heteroatoms. The average molecular weight is 500 g/mol. The van der Waals surface area contributed by atoms with Crippen LogP contribution in [0.4, 0.5) is 15.3 Å². The highest BCUT2D eigenvalue weighted by atomic mass is 32.2. The second-order valence-electron chi connectivity index (χ2n) is 7.19. The van der Waals surface area contributed by atoms with Gasteiger partial charge >= 0.3 is 12.1 Å². The van der Waals surface area contributed by atoms with Gasteiger partial charge in [0, 0.05) is 23.9 Å². The molecule has 3 N–H and O–H groups in total. The van der Waals surface area contributed by atoms with Crippen LogP contribution in [0.3, 0.4) is 0 Å². The smallest absolute Gasteiger partial charge is 0.410 e. The van der Waals surface area contributed by atoms with E-state index in [9.17, 15) is 28.1 Å². The number of primary amides is 1. The minimum Gasteiger partial charge on any atom is -0.445 e. The zero-order valence-electron chi connectivity index (χ0n) is 17.4. The van der Waals surface area contributed by atoms with E-state index in [1.54, 1.807) is 5.38 Å². The third-order valence-electron chi connectivity index (χ3n) is 4.64. The number of carbonyl (C=O) groups excluding carboxylic acids is 2. The van der Waals surface area contributed by atoms with Gasteiger partial charge in [-0.1, -0.05) is 0 Å². The highest BCUT2D eigenvalue weighted by Gasteiger charge is 2.40. The number of nitrogens with zero attached hydrogens (tertiary/aromatic N) is 3. The molecular weight excluding hydrogens is 478 g/mol. The fraction of sp³-hybridized carbons (Fsp3) is 0.389. The lowest BCUT2D eigenvalue weighted by Gasteiger charge is -2.22. The van der Waals surface area contributed by atoms with Crippen LogP contribution >= 0.6 is 11.3 Å². The molecule has 1 aliphatic rings. The molecule has 0 bridgehead atoms. The maximum atomic E-state index is 12.8. The molecule has 1 aliphatic heterocycles. The normalized spacial score (nSPS) is 18.2. The van der Waals surface area contributed by atoms with Crippen LogP contribution in [-0.2, 0) is 32.2 Å². The Balaban J connectivity index is 1.72. The number of rotatable bonds is 8. The van der Waals surface area contributed by atoms with Crippen LogP contribution in [0.5, 0.6) is 0 Å². The molecular formula is C18H21N5O8S2. The van der Waals surface area contributed by atoms with Gasteiger partial charge in [0.1, 0.15) is 11.6 Å². The summed E-state index contributed by atoms with van der Waals surface area (Å²) in [6.07, 6.45) is -0.409. The molecule has 2 atom stereocenters. The second kappa shape index (κ2) is 10.1. The predicted octanol–water partition coefficient (Wildman–Crippen LogP) is 1.65. The third-order valence-corrected chi connectivity index (χ3v) is 6.13. The topological polar surface area (TPSA) is 184 Å². The van der Waals surface area contributed by atoms with E-state index in [4.69, 9.17) is 14.7 Å². The number of ether oxygens (including phenoxy) is 1. The summed E-state index contributed by atoms with van der Waals surface area (Å²) >= 11 is 1.25. The quantitative estimate of drug-likeness (QED) is 0.309. The molecule has 1 aromatic carbocycles. The maximum Gasteiger partial charge on any atom is 0.410 e. The van der Waals surface area contributed by atoms with Crippen molar-refractivity contribution >= 4 is 39.3 Å². The zero-order chi connectivity index (χ0) is 24.2. The van der Waals surface area contributed by atoms with E-state index in [2.05, 4.69) is 10.3 Å². The Morgan fingerprint density at radius 1 is 1.36 bits per heavy atom. The molecule has 1 fully saturated rings. The lowest BCUT2D eigenvalue weighted by Crippen LogP contribution is -2.33. The fourth-order valence-electron chi connectivity index (χ4n) is 3.26. The number of hydrogen-bond donors (Lipinski definition) is 2. The summed E-state index contributed by atoms with van der Waals surface area (Å²) in [6.45, 7) is -0.0632. The Labute approximate surface area is 192 Å². The van der Waals surface area contributed by atoms with Gasteiger partial charge in [0.15, 0.2) is 0 Å². The highest BCUT2D eigenvalue weighted by molar-refractivity contribution is 7.86. The summed E-state index contributed by atoms with van der Waals surface area (Å²) in [5.74, 6) is 0. The number of nitrogens with one attached hydrogen (secondary N) is 1. The number of amides is 3. The van der Waals surface area contributed by atoms with E-state index in [1.165, 1.54) is 40.5 Å². The van der Waals surface area contributed by atoms with Crippen molar-refractivity contribution < 1.29 is 31.9 Å². The summed E-state index contributed by atoms with van der Waals surface area (Å²) < 4.78 is 33.6. The summed E-state index contributed by atoms with van der Waals surface area (Å²) in [6, 6.07) is 4.23.